The minimum absolute atomic E-state index is 0.235. The third-order valence-electron chi connectivity index (χ3n) is 3.53. The SMILES string of the molecule is COc1c(C)cc2ccccc2c1-c1ccccc1F. The van der Waals surface area contributed by atoms with E-state index < -0.39 is 0 Å². The van der Waals surface area contributed by atoms with E-state index >= 15 is 0 Å². The second-order valence-electron chi connectivity index (χ2n) is 4.80. The number of rotatable bonds is 2. The Morgan fingerprint density at radius 2 is 1.65 bits per heavy atom. The molecule has 0 bridgehead atoms. The van der Waals surface area contributed by atoms with Gasteiger partial charge in [-0.05, 0) is 35.4 Å². The summed E-state index contributed by atoms with van der Waals surface area (Å²) in [6.45, 7) is 1.98. The van der Waals surface area contributed by atoms with E-state index in [1.807, 2.05) is 37.3 Å². The quantitative estimate of drug-likeness (QED) is 0.636. The predicted octanol–water partition coefficient (Wildman–Crippen LogP) is 4.96. The van der Waals surface area contributed by atoms with Gasteiger partial charge in [-0.3, -0.25) is 0 Å². The van der Waals surface area contributed by atoms with Crippen LogP contribution in [0, 0.1) is 12.7 Å². The summed E-state index contributed by atoms with van der Waals surface area (Å²) in [4.78, 5) is 0. The molecule has 0 aliphatic heterocycles. The third-order valence-corrected chi connectivity index (χ3v) is 3.53. The highest BCUT2D eigenvalue weighted by Gasteiger charge is 2.16. The molecule has 0 saturated heterocycles. The fourth-order valence-corrected chi connectivity index (χ4v) is 2.66. The monoisotopic (exact) mass is 266 g/mol. The number of hydrogen-bond donors (Lipinski definition) is 0. The summed E-state index contributed by atoms with van der Waals surface area (Å²) < 4.78 is 19.7. The van der Waals surface area contributed by atoms with Crippen molar-refractivity contribution >= 4 is 10.8 Å². The Labute approximate surface area is 117 Å². The maximum absolute atomic E-state index is 14.2. The summed E-state index contributed by atoms with van der Waals surface area (Å²) in [5.41, 5.74) is 2.40. The highest BCUT2D eigenvalue weighted by atomic mass is 19.1. The number of ether oxygens (including phenoxy) is 1. The Balaban J connectivity index is 2.47. The lowest BCUT2D eigenvalue weighted by Crippen LogP contribution is -1.95. The van der Waals surface area contributed by atoms with Crippen molar-refractivity contribution in [1.82, 2.24) is 0 Å². The highest BCUT2D eigenvalue weighted by Crippen LogP contribution is 2.40. The van der Waals surface area contributed by atoms with Gasteiger partial charge in [0, 0.05) is 11.1 Å². The summed E-state index contributed by atoms with van der Waals surface area (Å²) in [6.07, 6.45) is 0. The normalized spacial score (nSPS) is 10.8. The molecular weight excluding hydrogens is 251 g/mol. The van der Waals surface area contributed by atoms with Crippen molar-refractivity contribution in [2.75, 3.05) is 7.11 Å². The van der Waals surface area contributed by atoms with E-state index in [0.29, 0.717) is 5.56 Å². The highest BCUT2D eigenvalue weighted by molar-refractivity contribution is 6.00. The van der Waals surface area contributed by atoms with Crippen molar-refractivity contribution in [1.29, 1.82) is 0 Å². The first-order chi connectivity index (χ1) is 9.72. The van der Waals surface area contributed by atoms with Crippen molar-refractivity contribution in [2.24, 2.45) is 0 Å². The molecule has 0 atom stereocenters. The molecule has 0 unspecified atom stereocenters. The molecular formula is C18H15FO. The second kappa shape index (κ2) is 4.97. The van der Waals surface area contributed by atoms with Gasteiger partial charge in [0.1, 0.15) is 11.6 Å². The van der Waals surface area contributed by atoms with Gasteiger partial charge in [0.15, 0.2) is 0 Å². The van der Waals surface area contributed by atoms with E-state index in [1.165, 1.54) is 6.07 Å². The molecule has 0 fully saturated rings. The molecule has 0 saturated carbocycles. The van der Waals surface area contributed by atoms with E-state index in [9.17, 15) is 4.39 Å². The zero-order valence-corrected chi connectivity index (χ0v) is 11.5. The van der Waals surface area contributed by atoms with E-state index in [2.05, 4.69) is 6.07 Å². The molecule has 20 heavy (non-hydrogen) atoms. The second-order valence-corrected chi connectivity index (χ2v) is 4.80. The van der Waals surface area contributed by atoms with Crippen molar-refractivity contribution < 1.29 is 9.13 Å². The Bertz CT molecular complexity index is 777. The van der Waals surface area contributed by atoms with Gasteiger partial charge >= 0.3 is 0 Å². The molecule has 0 aliphatic carbocycles. The summed E-state index contributed by atoms with van der Waals surface area (Å²) in [5.74, 6) is 0.496. The number of aryl methyl sites for hydroxylation is 1. The van der Waals surface area contributed by atoms with Gasteiger partial charge in [0.2, 0.25) is 0 Å². The molecule has 0 heterocycles. The molecule has 0 aliphatic rings. The molecule has 3 rings (SSSR count). The zero-order chi connectivity index (χ0) is 14.1. The van der Waals surface area contributed by atoms with E-state index in [4.69, 9.17) is 4.74 Å². The third kappa shape index (κ3) is 1.94. The Morgan fingerprint density at radius 1 is 0.950 bits per heavy atom. The van der Waals surface area contributed by atoms with Crippen LogP contribution in [0.15, 0.2) is 54.6 Å². The van der Waals surface area contributed by atoms with Crippen LogP contribution < -0.4 is 4.74 Å². The van der Waals surface area contributed by atoms with E-state index in [1.54, 1.807) is 19.2 Å². The molecule has 3 aromatic carbocycles. The number of hydrogen-bond acceptors (Lipinski definition) is 1. The molecule has 2 heteroatoms. The lowest BCUT2D eigenvalue weighted by atomic mass is 9.94. The standard InChI is InChI=1S/C18H15FO/c1-12-11-13-7-3-4-8-14(13)17(18(12)20-2)15-9-5-6-10-16(15)19/h3-11H,1-2H3. The van der Waals surface area contributed by atoms with Crippen LogP contribution in [0.25, 0.3) is 21.9 Å². The Hall–Kier alpha value is -2.35. The van der Waals surface area contributed by atoms with Gasteiger partial charge in [-0.25, -0.2) is 4.39 Å². The van der Waals surface area contributed by atoms with E-state index in [-0.39, 0.29) is 5.82 Å². The molecule has 100 valence electrons. The molecule has 1 nitrogen and oxygen atoms in total. The zero-order valence-electron chi connectivity index (χ0n) is 11.5. The Morgan fingerprint density at radius 3 is 2.40 bits per heavy atom. The van der Waals surface area contributed by atoms with Gasteiger partial charge in [-0.1, -0.05) is 42.5 Å². The maximum Gasteiger partial charge on any atom is 0.131 e. The number of halogens is 1. The largest absolute Gasteiger partial charge is 0.496 e. The number of methoxy groups -OCH3 is 1. The molecule has 0 radical (unpaired) electrons. The summed E-state index contributed by atoms with van der Waals surface area (Å²) in [5, 5.41) is 2.09. The summed E-state index contributed by atoms with van der Waals surface area (Å²) in [7, 11) is 1.63. The lowest BCUT2D eigenvalue weighted by molar-refractivity contribution is 0.413. The van der Waals surface area contributed by atoms with Crippen LogP contribution in [-0.4, -0.2) is 7.11 Å². The van der Waals surface area contributed by atoms with Gasteiger partial charge in [0.25, 0.3) is 0 Å². The average molecular weight is 266 g/mol. The summed E-state index contributed by atoms with van der Waals surface area (Å²) >= 11 is 0. The fraction of sp³-hybridized carbons (Fsp3) is 0.111. The first-order valence-electron chi connectivity index (χ1n) is 6.53. The van der Waals surface area contributed by atoms with Crippen LogP contribution in [0.2, 0.25) is 0 Å². The van der Waals surface area contributed by atoms with Gasteiger partial charge in [-0.2, -0.15) is 0 Å². The van der Waals surface area contributed by atoms with Gasteiger partial charge in [0.05, 0.1) is 7.11 Å². The topological polar surface area (TPSA) is 9.23 Å². The first-order valence-corrected chi connectivity index (χ1v) is 6.53. The van der Waals surface area contributed by atoms with Gasteiger partial charge < -0.3 is 4.74 Å². The summed E-state index contributed by atoms with van der Waals surface area (Å²) in [6, 6.07) is 16.9. The van der Waals surface area contributed by atoms with Crippen LogP contribution in [0.4, 0.5) is 4.39 Å². The smallest absolute Gasteiger partial charge is 0.131 e. The molecule has 0 spiro atoms. The molecule has 3 aromatic rings. The molecule has 0 N–H and O–H groups in total. The lowest BCUT2D eigenvalue weighted by Gasteiger charge is -2.15. The maximum atomic E-state index is 14.2. The minimum Gasteiger partial charge on any atom is -0.496 e. The van der Waals surface area contributed by atoms with Gasteiger partial charge in [-0.15, -0.1) is 0 Å². The minimum atomic E-state index is -0.235. The van der Waals surface area contributed by atoms with Crippen molar-refractivity contribution in [3.63, 3.8) is 0 Å². The van der Waals surface area contributed by atoms with Crippen LogP contribution >= 0.6 is 0 Å². The number of benzene rings is 3. The first kappa shape index (κ1) is 12.7. The van der Waals surface area contributed by atoms with Crippen molar-refractivity contribution in [3.8, 4) is 16.9 Å². The van der Waals surface area contributed by atoms with Crippen LogP contribution in [-0.2, 0) is 0 Å². The fourth-order valence-electron chi connectivity index (χ4n) is 2.66. The Kier molecular flexibility index (Phi) is 3.15. The predicted molar refractivity (Wildman–Crippen MR) is 80.6 cm³/mol. The molecule has 0 amide bonds. The van der Waals surface area contributed by atoms with Crippen LogP contribution in [0.5, 0.6) is 5.75 Å². The van der Waals surface area contributed by atoms with Crippen molar-refractivity contribution in [2.45, 2.75) is 6.92 Å². The van der Waals surface area contributed by atoms with E-state index in [0.717, 1.165) is 27.6 Å². The average Bonchev–Trinajstić information content (AvgIpc) is 2.46. The van der Waals surface area contributed by atoms with Crippen LogP contribution in [0.1, 0.15) is 5.56 Å². The molecule has 0 aromatic heterocycles. The number of fused-ring (bicyclic) bond motifs is 1. The van der Waals surface area contributed by atoms with Crippen molar-refractivity contribution in [3.05, 3.63) is 66.0 Å². The van der Waals surface area contributed by atoms with Crippen LogP contribution in [0.3, 0.4) is 0 Å².